The third kappa shape index (κ3) is 4.90. The van der Waals surface area contributed by atoms with Crippen molar-refractivity contribution in [2.45, 2.75) is 19.9 Å². The van der Waals surface area contributed by atoms with E-state index in [1.165, 1.54) is 16.9 Å². The lowest BCUT2D eigenvalue weighted by atomic mass is 9.94. The normalized spacial score (nSPS) is 14.5. The maximum atomic E-state index is 15.2. The van der Waals surface area contributed by atoms with E-state index in [9.17, 15) is 9.59 Å². The molecule has 1 aliphatic rings. The fourth-order valence-electron chi connectivity index (χ4n) is 4.28. The summed E-state index contributed by atoms with van der Waals surface area (Å²) in [5.41, 5.74) is 3.58. The molecule has 7 nitrogen and oxygen atoms in total. The number of hydrogen-bond donors (Lipinski definition) is 3. The average Bonchev–Trinajstić information content (AvgIpc) is 3.30. The van der Waals surface area contributed by atoms with Gasteiger partial charge in [-0.15, -0.1) is 0 Å². The first kappa shape index (κ1) is 24.5. The minimum Gasteiger partial charge on any atom is -0.343 e. The van der Waals surface area contributed by atoms with E-state index < -0.39 is 17.8 Å². The highest BCUT2D eigenvalue weighted by Gasteiger charge is 2.36. The number of benzene rings is 3. The lowest BCUT2D eigenvalue weighted by molar-refractivity contribution is -0.113. The SMILES string of the molecule is CC1=C(C(=O)Nc2ccccc2)C(c2cc(Br)ccc2F)n2ncc(C(=O)Nc3ccc(C)cc3)c2N1. The van der Waals surface area contributed by atoms with Crippen molar-refractivity contribution in [1.82, 2.24) is 9.78 Å². The van der Waals surface area contributed by atoms with Crippen LogP contribution < -0.4 is 16.0 Å². The van der Waals surface area contributed by atoms with Crippen molar-refractivity contribution in [3.8, 4) is 0 Å². The van der Waals surface area contributed by atoms with E-state index in [0.717, 1.165) is 5.56 Å². The van der Waals surface area contributed by atoms with E-state index in [0.29, 0.717) is 27.4 Å². The first-order valence-corrected chi connectivity index (χ1v) is 12.4. The Hall–Kier alpha value is -4.24. The zero-order chi connectivity index (χ0) is 26.1. The van der Waals surface area contributed by atoms with Crippen LogP contribution in [0.25, 0.3) is 0 Å². The van der Waals surface area contributed by atoms with Crippen LogP contribution in [0.4, 0.5) is 21.6 Å². The van der Waals surface area contributed by atoms with Crippen molar-refractivity contribution < 1.29 is 14.0 Å². The third-order valence-corrected chi connectivity index (χ3v) is 6.60. The molecule has 2 heterocycles. The second-order valence-electron chi connectivity index (χ2n) is 8.72. The third-order valence-electron chi connectivity index (χ3n) is 6.11. The molecular formula is C28H23BrFN5O2. The average molecular weight is 560 g/mol. The Morgan fingerprint density at radius 2 is 1.62 bits per heavy atom. The van der Waals surface area contributed by atoms with Gasteiger partial charge in [0.15, 0.2) is 0 Å². The predicted molar refractivity (Wildman–Crippen MR) is 145 cm³/mol. The summed E-state index contributed by atoms with van der Waals surface area (Å²) in [5, 5.41) is 13.3. The Labute approximate surface area is 221 Å². The smallest absolute Gasteiger partial charge is 0.261 e. The number of fused-ring (bicyclic) bond motifs is 1. The van der Waals surface area contributed by atoms with Crippen molar-refractivity contribution in [2.24, 2.45) is 0 Å². The van der Waals surface area contributed by atoms with Gasteiger partial charge < -0.3 is 16.0 Å². The van der Waals surface area contributed by atoms with Gasteiger partial charge >= 0.3 is 0 Å². The van der Waals surface area contributed by atoms with Crippen LogP contribution in [0.3, 0.4) is 0 Å². The summed E-state index contributed by atoms with van der Waals surface area (Å²) >= 11 is 3.41. The Bertz CT molecular complexity index is 1530. The summed E-state index contributed by atoms with van der Waals surface area (Å²) in [4.78, 5) is 26.7. The minimum absolute atomic E-state index is 0.239. The minimum atomic E-state index is -0.918. The molecule has 1 unspecified atom stereocenters. The summed E-state index contributed by atoms with van der Waals surface area (Å²) in [6.45, 7) is 3.69. The molecule has 2 amide bonds. The van der Waals surface area contributed by atoms with Gasteiger partial charge in [-0.2, -0.15) is 5.10 Å². The van der Waals surface area contributed by atoms with Crippen LogP contribution in [0.1, 0.15) is 34.5 Å². The molecule has 1 aliphatic heterocycles. The van der Waals surface area contributed by atoms with Gasteiger partial charge in [0.1, 0.15) is 23.2 Å². The van der Waals surface area contributed by atoms with Crippen LogP contribution in [0.5, 0.6) is 0 Å². The number of allylic oxidation sites excluding steroid dienone is 1. The number of amides is 2. The van der Waals surface area contributed by atoms with Crippen LogP contribution in [0.2, 0.25) is 0 Å². The lowest BCUT2D eigenvalue weighted by Gasteiger charge is -2.30. The zero-order valence-electron chi connectivity index (χ0n) is 20.0. The van der Waals surface area contributed by atoms with Gasteiger partial charge in [0.2, 0.25) is 0 Å². The van der Waals surface area contributed by atoms with Gasteiger partial charge in [0.25, 0.3) is 11.8 Å². The van der Waals surface area contributed by atoms with E-state index in [1.807, 2.05) is 49.4 Å². The van der Waals surface area contributed by atoms with Crippen LogP contribution in [-0.2, 0) is 4.79 Å². The topological polar surface area (TPSA) is 88.0 Å². The van der Waals surface area contributed by atoms with Crippen molar-refractivity contribution in [2.75, 3.05) is 16.0 Å². The Morgan fingerprint density at radius 3 is 2.35 bits per heavy atom. The van der Waals surface area contributed by atoms with Crippen LogP contribution in [0.15, 0.2) is 94.7 Å². The first-order chi connectivity index (χ1) is 17.8. The van der Waals surface area contributed by atoms with Crippen LogP contribution >= 0.6 is 15.9 Å². The Balaban J connectivity index is 1.57. The largest absolute Gasteiger partial charge is 0.343 e. The second kappa shape index (κ2) is 10.0. The van der Waals surface area contributed by atoms with E-state index >= 15 is 4.39 Å². The molecule has 186 valence electrons. The number of aromatic nitrogens is 2. The molecule has 37 heavy (non-hydrogen) atoms. The lowest BCUT2D eigenvalue weighted by Crippen LogP contribution is -2.32. The van der Waals surface area contributed by atoms with Gasteiger partial charge in [-0.1, -0.05) is 51.8 Å². The number of nitrogens with zero attached hydrogens (tertiary/aromatic N) is 2. The number of nitrogens with one attached hydrogen (secondary N) is 3. The molecular weight excluding hydrogens is 537 g/mol. The predicted octanol–water partition coefficient (Wildman–Crippen LogP) is 6.27. The van der Waals surface area contributed by atoms with Crippen LogP contribution in [-0.4, -0.2) is 21.6 Å². The van der Waals surface area contributed by atoms with Crippen molar-refractivity contribution >= 4 is 44.9 Å². The summed E-state index contributed by atoms with van der Waals surface area (Å²) in [6, 6.07) is 20.1. The number of hydrogen-bond acceptors (Lipinski definition) is 4. The molecule has 9 heteroatoms. The molecule has 0 saturated heterocycles. The fraction of sp³-hybridized carbons (Fsp3) is 0.107. The highest BCUT2D eigenvalue weighted by Crippen LogP contribution is 2.39. The quantitative estimate of drug-likeness (QED) is 0.269. The Kier molecular flexibility index (Phi) is 6.62. The molecule has 4 aromatic rings. The molecule has 3 N–H and O–H groups in total. The fourth-order valence-corrected chi connectivity index (χ4v) is 4.66. The van der Waals surface area contributed by atoms with Gasteiger partial charge in [0.05, 0.1) is 11.8 Å². The number of carbonyl (C=O) groups is 2. The molecule has 5 rings (SSSR count). The number of para-hydroxylation sites is 1. The Morgan fingerprint density at radius 1 is 0.946 bits per heavy atom. The van der Waals surface area contributed by atoms with Crippen molar-refractivity contribution in [1.29, 1.82) is 0 Å². The molecule has 1 aromatic heterocycles. The van der Waals surface area contributed by atoms with Gasteiger partial charge in [-0.3, -0.25) is 9.59 Å². The number of carbonyl (C=O) groups excluding carboxylic acids is 2. The van der Waals surface area contributed by atoms with Gasteiger partial charge in [-0.25, -0.2) is 9.07 Å². The van der Waals surface area contributed by atoms with E-state index in [4.69, 9.17) is 0 Å². The molecule has 0 fully saturated rings. The summed E-state index contributed by atoms with van der Waals surface area (Å²) in [5.74, 6) is -0.925. The van der Waals surface area contributed by atoms with E-state index in [-0.39, 0.29) is 22.6 Å². The van der Waals surface area contributed by atoms with Crippen molar-refractivity contribution in [3.05, 3.63) is 117 Å². The van der Waals surface area contributed by atoms with Crippen LogP contribution in [0, 0.1) is 12.7 Å². The molecule has 0 aliphatic carbocycles. The second-order valence-corrected chi connectivity index (χ2v) is 9.64. The monoisotopic (exact) mass is 559 g/mol. The van der Waals surface area contributed by atoms with E-state index in [2.05, 4.69) is 37.0 Å². The number of anilines is 3. The summed E-state index contributed by atoms with van der Waals surface area (Å²) < 4.78 is 17.3. The van der Waals surface area contributed by atoms with Crippen molar-refractivity contribution in [3.63, 3.8) is 0 Å². The molecule has 0 spiro atoms. The summed E-state index contributed by atoms with van der Waals surface area (Å²) in [6.07, 6.45) is 1.42. The number of rotatable bonds is 5. The summed E-state index contributed by atoms with van der Waals surface area (Å²) in [7, 11) is 0. The highest BCUT2D eigenvalue weighted by atomic mass is 79.9. The molecule has 3 aromatic carbocycles. The maximum Gasteiger partial charge on any atom is 0.261 e. The van der Waals surface area contributed by atoms with Gasteiger partial charge in [-0.05, 0) is 56.3 Å². The van der Waals surface area contributed by atoms with Gasteiger partial charge in [0, 0.05) is 27.1 Å². The molecule has 0 bridgehead atoms. The number of aryl methyl sites for hydroxylation is 1. The van der Waals surface area contributed by atoms with E-state index in [1.54, 1.807) is 31.2 Å². The number of halogens is 2. The first-order valence-electron chi connectivity index (χ1n) is 11.6. The molecule has 0 saturated carbocycles. The standard InChI is InChI=1S/C28H23BrFN5O2/c1-16-8-11-20(12-9-16)33-27(36)22-15-31-35-25(21-14-18(29)10-13-23(21)30)24(17(2)32-26(22)35)28(37)34-19-6-4-3-5-7-19/h3-15,25,32H,1-2H3,(H,33,36)(H,34,37). The maximum absolute atomic E-state index is 15.2. The highest BCUT2D eigenvalue weighted by molar-refractivity contribution is 9.10. The molecule has 0 radical (unpaired) electrons. The molecule has 1 atom stereocenters. The zero-order valence-corrected chi connectivity index (χ0v) is 21.6.